The van der Waals surface area contributed by atoms with Gasteiger partial charge in [-0.15, -0.1) is 0 Å². The molecule has 24 heavy (non-hydrogen) atoms. The predicted octanol–water partition coefficient (Wildman–Crippen LogP) is 0.868. The number of carbonyl (C=O) groups excluding carboxylic acids is 3. The van der Waals surface area contributed by atoms with E-state index in [1.807, 2.05) is 7.05 Å². The molecule has 128 valence electrons. The molecule has 1 N–H and O–H groups in total. The van der Waals surface area contributed by atoms with Crippen LogP contribution < -0.4 is 5.43 Å². The fourth-order valence-corrected chi connectivity index (χ4v) is 3.03. The SMILES string of the molecule is CN1CCN(NC(=O)CN2C(=O)c3cc(Cl)c(Cl)cc3C2=O)CC1. The second kappa shape index (κ2) is 6.68. The Balaban J connectivity index is 1.67. The molecular formula is C15H16Cl2N4O3. The topological polar surface area (TPSA) is 73.0 Å². The summed E-state index contributed by atoms with van der Waals surface area (Å²) < 4.78 is 0. The molecule has 2 aliphatic rings. The Bertz CT molecular complexity index is 676. The third kappa shape index (κ3) is 3.25. The Kier molecular flexibility index (Phi) is 4.78. The number of piperazine rings is 1. The van der Waals surface area contributed by atoms with Gasteiger partial charge in [-0.25, -0.2) is 5.01 Å². The lowest BCUT2D eigenvalue weighted by molar-refractivity contribution is -0.127. The van der Waals surface area contributed by atoms with Crippen LogP contribution in [0.25, 0.3) is 0 Å². The number of imide groups is 1. The minimum Gasteiger partial charge on any atom is -0.304 e. The average molecular weight is 371 g/mol. The molecule has 0 bridgehead atoms. The number of halogens is 2. The van der Waals surface area contributed by atoms with Crippen LogP contribution in [0, 0.1) is 0 Å². The van der Waals surface area contributed by atoms with Crippen molar-refractivity contribution in [2.24, 2.45) is 0 Å². The van der Waals surface area contributed by atoms with Crippen molar-refractivity contribution >= 4 is 40.9 Å². The van der Waals surface area contributed by atoms with Crippen molar-refractivity contribution in [3.8, 4) is 0 Å². The molecule has 7 nitrogen and oxygen atoms in total. The molecule has 0 saturated carbocycles. The van der Waals surface area contributed by atoms with Crippen molar-refractivity contribution in [2.75, 3.05) is 39.8 Å². The van der Waals surface area contributed by atoms with Crippen LogP contribution in [0.2, 0.25) is 10.0 Å². The molecular weight excluding hydrogens is 355 g/mol. The van der Waals surface area contributed by atoms with E-state index in [1.54, 1.807) is 5.01 Å². The molecule has 0 radical (unpaired) electrons. The lowest BCUT2D eigenvalue weighted by atomic mass is 10.1. The van der Waals surface area contributed by atoms with Crippen molar-refractivity contribution in [3.63, 3.8) is 0 Å². The molecule has 0 aromatic heterocycles. The molecule has 1 aromatic rings. The molecule has 0 unspecified atom stereocenters. The van der Waals surface area contributed by atoms with Gasteiger partial charge in [0.25, 0.3) is 17.7 Å². The van der Waals surface area contributed by atoms with E-state index in [1.165, 1.54) is 12.1 Å². The fourth-order valence-electron chi connectivity index (χ4n) is 2.70. The number of amides is 3. The highest BCUT2D eigenvalue weighted by Crippen LogP contribution is 2.31. The van der Waals surface area contributed by atoms with Crippen LogP contribution in [0.3, 0.4) is 0 Å². The van der Waals surface area contributed by atoms with E-state index in [2.05, 4.69) is 10.3 Å². The van der Waals surface area contributed by atoms with Crippen LogP contribution in [-0.2, 0) is 4.79 Å². The number of hydrazine groups is 1. The van der Waals surface area contributed by atoms with Crippen molar-refractivity contribution in [2.45, 2.75) is 0 Å². The number of carbonyl (C=O) groups is 3. The van der Waals surface area contributed by atoms with Gasteiger partial charge in [-0.1, -0.05) is 23.2 Å². The third-order valence-electron chi connectivity index (χ3n) is 4.10. The smallest absolute Gasteiger partial charge is 0.262 e. The molecule has 0 spiro atoms. The number of nitrogens with zero attached hydrogens (tertiary/aromatic N) is 3. The summed E-state index contributed by atoms with van der Waals surface area (Å²) in [6.45, 7) is 2.72. The van der Waals surface area contributed by atoms with E-state index in [0.717, 1.165) is 18.0 Å². The number of rotatable bonds is 3. The fraction of sp³-hybridized carbons (Fsp3) is 0.400. The summed E-state index contributed by atoms with van der Waals surface area (Å²) in [6, 6.07) is 2.72. The molecule has 3 rings (SSSR count). The van der Waals surface area contributed by atoms with Gasteiger partial charge < -0.3 is 4.90 Å². The van der Waals surface area contributed by atoms with E-state index >= 15 is 0 Å². The van der Waals surface area contributed by atoms with E-state index in [-0.39, 0.29) is 27.7 Å². The van der Waals surface area contributed by atoms with Gasteiger partial charge in [0, 0.05) is 26.2 Å². The Labute approximate surface area is 149 Å². The number of hydrogen-bond donors (Lipinski definition) is 1. The van der Waals surface area contributed by atoms with Crippen molar-refractivity contribution < 1.29 is 14.4 Å². The Morgan fingerprint density at radius 3 is 2.04 bits per heavy atom. The molecule has 1 saturated heterocycles. The second-order valence-electron chi connectivity index (χ2n) is 5.83. The maximum Gasteiger partial charge on any atom is 0.262 e. The van der Waals surface area contributed by atoms with Gasteiger partial charge in [0.05, 0.1) is 21.2 Å². The number of benzene rings is 1. The van der Waals surface area contributed by atoms with Gasteiger partial charge in [-0.3, -0.25) is 24.7 Å². The molecule has 1 fully saturated rings. The Morgan fingerprint density at radius 2 is 1.54 bits per heavy atom. The number of nitrogens with one attached hydrogen (secondary N) is 1. The molecule has 2 aliphatic heterocycles. The van der Waals surface area contributed by atoms with Crippen LogP contribution in [-0.4, -0.2) is 72.3 Å². The number of likely N-dealkylation sites (N-methyl/N-ethyl adjacent to an activating group) is 1. The Hall–Kier alpha value is -1.67. The standard InChI is InChI=1S/C15H16Cl2N4O3/c1-19-2-4-20(5-3-19)18-13(22)8-21-14(23)9-6-11(16)12(17)7-10(9)15(21)24/h6-7H,2-5,8H2,1H3,(H,18,22). The normalized spacial score (nSPS) is 18.9. The van der Waals surface area contributed by atoms with Crippen molar-refractivity contribution in [1.82, 2.24) is 20.2 Å². The number of fused-ring (bicyclic) bond motifs is 1. The maximum atomic E-state index is 12.3. The van der Waals surface area contributed by atoms with Crippen LogP contribution in [0.1, 0.15) is 20.7 Å². The van der Waals surface area contributed by atoms with Crippen molar-refractivity contribution in [1.29, 1.82) is 0 Å². The lowest BCUT2D eigenvalue weighted by Crippen LogP contribution is -2.54. The molecule has 9 heteroatoms. The highest BCUT2D eigenvalue weighted by Gasteiger charge is 2.37. The van der Waals surface area contributed by atoms with Gasteiger partial charge in [-0.05, 0) is 19.2 Å². The molecule has 0 atom stereocenters. The summed E-state index contributed by atoms with van der Waals surface area (Å²) in [6.07, 6.45) is 0. The summed E-state index contributed by atoms with van der Waals surface area (Å²) in [5, 5.41) is 2.18. The first-order valence-corrected chi connectivity index (χ1v) is 8.20. The van der Waals surface area contributed by atoms with Gasteiger partial charge in [-0.2, -0.15) is 0 Å². The molecule has 0 aliphatic carbocycles. The van der Waals surface area contributed by atoms with E-state index < -0.39 is 17.7 Å². The predicted molar refractivity (Wildman–Crippen MR) is 89.0 cm³/mol. The summed E-state index contributed by atoms with van der Waals surface area (Å²) >= 11 is 11.8. The van der Waals surface area contributed by atoms with Gasteiger partial charge in [0.15, 0.2) is 0 Å². The molecule has 3 amide bonds. The third-order valence-corrected chi connectivity index (χ3v) is 4.82. The van der Waals surface area contributed by atoms with Crippen LogP contribution in [0.5, 0.6) is 0 Å². The quantitative estimate of drug-likeness (QED) is 0.799. The zero-order chi connectivity index (χ0) is 17.4. The second-order valence-corrected chi connectivity index (χ2v) is 6.65. The summed E-state index contributed by atoms with van der Waals surface area (Å²) in [4.78, 5) is 39.9. The Morgan fingerprint density at radius 1 is 1.04 bits per heavy atom. The first-order valence-electron chi connectivity index (χ1n) is 7.45. The average Bonchev–Trinajstić information content (AvgIpc) is 2.75. The van der Waals surface area contributed by atoms with Gasteiger partial charge in [0.2, 0.25) is 0 Å². The zero-order valence-corrected chi connectivity index (χ0v) is 14.5. The van der Waals surface area contributed by atoms with Gasteiger partial charge >= 0.3 is 0 Å². The highest BCUT2D eigenvalue weighted by atomic mass is 35.5. The minimum atomic E-state index is -0.540. The monoisotopic (exact) mass is 370 g/mol. The maximum absolute atomic E-state index is 12.3. The van der Waals surface area contributed by atoms with Crippen LogP contribution in [0.4, 0.5) is 0 Å². The van der Waals surface area contributed by atoms with Crippen LogP contribution >= 0.6 is 23.2 Å². The van der Waals surface area contributed by atoms with Crippen LogP contribution in [0.15, 0.2) is 12.1 Å². The van der Waals surface area contributed by atoms with E-state index in [0.29, 0.717) is 13.1 Å². The lowest BCUT2D eigenvalue weighted by Gasteiger charge is -2.32. The molecule has 1 aromatic carbocycles. The summed E-state index contributed by atoms with van der Waals surface area (Å²) in [5.41, 5.74) is 3.06. The van der Waals surface area contributed by atoms with E-state index in [4.69, 9.17) is 23.2 Å². The highest BCUT2D eigenvalue weighted by molar-refractivity contribution is 6.43. The summed E-state index contributed by atoms with van der Waals surface area (Å²) in [5.74, 6) is -1.49. The minimum absolute atomic E-state index is 0.168. The number of hydrogen-bond acceptors (Lipinski definition) is 5. The largest absolute Gasteiger partial charge is 0.304 e. The first kappa shape index (κ1) is 17.2. The van der Waals surface area contributed by atoms with E-state index in [9.17, 15) is 14.4 Å². The summed E-state index contributed by atoms with van der Waals surface area (Å²) in [7, 11) is 2.01. The van der Waals surface area contributed by atoms with Crippen molar-refractivity contribution in [3.05, 3.63) is 33.3 Å². The zero-order valence-electron chi connectivity index (χ0n) is 13.0. The first-order chi connectivity index (χ1) is 11.4. The molecule has 2 heterocycles. The van der Waals surface area contributed by atoms with Gasteiger partial charge in [0.1, 0.15) is 6.54 Å².